The van der Waals surface area contributed by atoms with Crippen LogP contribution >= 0.6 is 0 Å². The lowest BCUT2D eigenvalue weighted by molar-refractivity contribution is 0.0351. The lowest BCUT2D eigenvalue weighted by atomic mass is 9.93. The molecule has 0 bridgehead atoms. The van der Waals surface area contributed by atoms with Crippen LogP contribution in [0.2, 0.25) is 0 Å². The molecule has 0 saturated carbocycles. The molecule has 1 fully saturated rings. The number of rotatable bonds is 2. The van der Waals surface area contributed by atoms with Crippen molar-refractivity contribution in [3.63, 3.8) is 0 Å². The number of nitrogens with zero attached hydrogens (tertiary/aromatic N) is 1. The number of Topliss-reactive ketones (excluding diaryl/α,β-unsaturated/α-hetero) is 1. The third-order valence-corrected chi connectivity index (χ3v) is 3.62. The summed E-state index contributed by atoms with van der Waals surface area (Å²) in [5.74, 6) is -0.0154. The molecular formula is C14H20N2O2. The number of benzene rings is 1. The summed E-state index contributed by atoms with van der Waals surface area (Å²) in [6.45, 7) is 4.99. The van der Waals surface area contributed by atoms with Crippen LogP contribution in [-0.2, 0) is 0 Å². The van der Waals surface area contributed by atoms with Crippen LogP contribution in [-0.4, -0.2) is 29.6 Å². The lowest BCUT2D eigenvalue weighted by Crippen LogP contribution is -2.42. The van der Waals surface area contributed by atoms with Crippen molar-refractivity contribution < 1.29 is 9.90 Å². The van der Waals surface area contributed by atoms with E-state index in [0.29, 0.717) is 11.3 Å². The van der Waals surface area contributed by atoms with E-state index in [0.717, 1.165) is 31.6 Å². The van der Waals surface area contributed by atoms with Gasteiger partial charge in [-0.25, -0.2) is 0 Å². The first-order valence-corrected chi connectivity index (χ1v) is 6.27. The Morgan fingerprint density at radius 1 is 1.39 bits per heavy atom. The zero-order chi connectivity index (χ0) is 13.3. The molecule has 1 aliphatic heterocycles. The monoisotopic (exact) mass is 248 g/mol. The van der Waals surface area contributed by atoms with E-state index >= 15 is 0 Å². The quantitative estimate of drug-likeness (QED) is 0.619. The van der Waals surface area contributed by atoms with Crippen molar-refractivity contribution in [1.82, 2.24) is 0 Å². The molecule has 0 spiro atoms. The van der Waals surface area contributed by atoms with E-state index in [2.05, 4.69) is 4.90 Å². The highest BCUT2D eigenvalue weighted by molar-refractivity contribution is 6.00. The number of nitrogen functional groups attached to an aromatic ring is 1. The van der Waals surface area contributed by atoms with Gasteiger partial charge in [0, 0.05) is 30.0 Å². The van der Waals surface area contributed by atoms with Gasteiger partial charge in [-0.2, -0.15) is 0 Å². The van der Waals surface area contributed by atoms with Gasteiger partial charge in [0.05, 0.1) is 5.60 Å². The maximum Gasteiger partial charge on any atom is 0.161 e. The molecule has 0 aromatic heterocycles. The second-order valence-corrected chi connectivity index (χ2v) is 5.31. The predicted molar refractivity (Wildman–Crippen MR) is 72.9 cm³/mol. The fourth-order valence-electron chi connectivity index (χ4n) is 2.29. The second kappa shape index (κ2) is 4.61. The van der Waals surface area contributed by atoms with Gasteiger partial charge in [-0.3, -0.25) is 4.79 Å². The summed E-state index contributed by atoms with van der Waals surface area (Å²) in [7, 11) is 0. The summed E-state index contributed by atoms with van der Waals surface area (Å²) >= 11 is 0. The van der Waals surface area contributed by atoms with Crippen LogP contribution in [0.1, 0.15) is 37.0 Å². The normalized spacial score (nSPS) is 18.7. The SMILES string of the molecule is CC(=O)c1cc(N2CCC(C)(O)CC2)ccc1N. The van der Waals surface area contributed by atoms with Crippen LogP contribution in [0.4, 0.5) is 11.4 Å². The van der Waals surface area contributed by atoms with Gasteiger partial charge in [-0.15, -0.1) is 0 Å². The minimum Gasteiger partial charge on any atom is -0.398 e. The molecular weight excluding hydrogens is 228 g/mol. The summed E-state index contributed by atoms with van der Waals surface area (Å²) in [6, 6.07) is 5.55. The molecule has 1 aliphatic rings. The average molecular weight is 248 g/mol. The standard InChI is InChI=1S/C14H20N2O2/c1-10(17)12-9-11(3-4-13(12)15)16-7-5-14(2,18)6-8-16/h3-4,9,18H,5-8,15H2,1-2H3. The Hall–Kier alpha value is -1.55. The minimum atomic E-state index is -0.562. The minimum absolute atomic E-state index is 0.0154. The van der Waals surface area contributed by atoms with Crippen LogP contribution in [0, 0.1) is 0 Å². The molecule has 0 aliphatic carbocycles. The third kappa shape index (κ3) is 2.64. The van der Waals surface area contributed by atoms with E-state index in [9.17, 15) is 9.90 Å². The Kier molecular flexibility index (Phi) is 3.30. The number of carbonyl (C=O) groups is 1. The van der Waals surface area contributed by atoms with E-state index in [-0.39, 0.29) is 5.78 Å². The number of anilines is 2. The first-order valence-electron chi connectivity index (χ1n) is 6.27. The van der Waals surface area contributed by atoms with Crippen molar-refractivity contribution in [2.45, 2.75) is 32.3 Å². The summed E-state index contributed by atoms with van der Waals surface area (Å²) in [6.07, 6.45) is 1.49. The first-order chi connectivity index (χ1) is 8.39. The van der Waals surface area contributed by atoms with Crippen molar-refractivity contribution in [3.05, 3.63) is 23.8 Å². The maximum atomic E-state index is 11.5. The number of ketones is 1. The van der Waals surface area contributed by atoms with E-state index < -0.39 is 5.60 Å². The maximum absolute atomic E-state index is 11.5. The van der Waals surface area contributed by atoms with E-state index in [1.807, 2.05) is 19.1 Å². The van der Waals surface area contributed by atoms with Crippen molar-refractivity contribution in [2.75, 3.05) is 23.7 Å². The number of hydrogen-bond acceptors (Lipinski definition) is 4. The molecule has 3 N–H and O–H groups in total. The Morgan fingerprint density at radius 3 is 2.56 bits per heavy atom. The first kappa shape index (κ1) is 12.9. The smallest absolute Gasteiger partial charge is 0.161 e. The Labute approximate surface area is 107 Å². The second-order valence-electron chi connectivity index (χ2n) is 5.31. The summed E-state index contributed by atoms with van der Waals surface area (Å²) in [5, 5.41) is 9.93. The molecule has 0 amide bonds. The fraction of sp³-hybridized carbons (Fsp3) is 0.500. The number of nitrogens with two attached hydrogens (primary N) is 1. The number of aliphatic hydroxyl groups is 1. The lowest BCUT2D eigenvalue weighted by Gasteiger charge is -2.37. The Bertz CT molecular complexity index is 459. The van der Waals surface area contributed by atoms with Crippen LogP contribution in [0.25, 0.3) is 0 Å². The highest BCUT2D eigenvalue weighted by atomic mass is 16.3. The molecule has 4 nitrogen and oxygen atoms in total. The van der Waals surface area contributed by atoms with Crippen LogP contribution in [0.5, 0.6) is 0 Å². The molecule has 1 saturated heterocycles. The van der Waals surface area contributed by atoms with Crippen molar-refractivity contribution in [2.24, 2.45) is 0 Å². The molecule has 4 heteroatoms. The Morgan fingerprint density at radius 2 is 2.00 bits per heavy atom. The van der Waals surface area contributed by atoms with Crippen molar-refractivity contribution in [1.29, 1.82) is 0 Å². The molecule has 1 aromatic rings. The van der Waals surface area contributed by atoms with E-state index in [1.54, 1.807) is 6.07 Å². The van der Waals surface area contributed by atoms with Crippen molar-refractivity contribution >= 4 is 17.2 Å². The number of hydrogen-bond donors (Lipinski definition) is 2. The van der Waals surface area contributed by atoms with Crippen LogP contribution in [0.15, 0.2) is 18.2 Å². The largest absolute Gasteiger partial charge is 0.398 e. The number of carbonyl (C=O) groups excluding carboxylic acids is 1. The van der Waals surface area contributed by atoms with Crippen molar-refractivity contribution in [3.8, 4) is 0 Å². The van der Waals surface area contributed by atoms with E-state index in [1.165, 1.54) is 6.92 Å². The van der Waals surface area contributed by atoms with Gasteiger partial charge in [0.1, 0.15) is 0 Å². The molecule has 98 valence electrons. The summed E-state index contributed by atoms with van der Waals surface area (Å²) < 4.78 is 0. The predicted octanol–water partition coefficient (Wildman–Crippen LogP) is 1.82. The van der Waals surface area contributed by atoms with Gasteiger partial charge in [0.15, 0.2) is 5.78 Å². The van der Waals surface area contributed by atoms with Gasteiger partial charge >= 0.3 is 0 Å². The van der Waals surface area contributed by atoms with Gasteiger partial charge in [0.2, 0.25) is 0 Å². The zero-order valence-electron chi connectivity index (χ0n) is 10.9. The van der Waals surface area contributed by atoms with Gasteiger partial charge in [0.25, 0.3) is 0 Å². The Balaban J connectivity index is 2.20. The topological polar surface area (TPSA) is 66.6 Å². The molecule has 18 heavy (non-hydrogen) atoms. The molecule has 1 aromatic carbocycles. The highest BCUT2D eigenvalue weighted by Gasteiger charge is 2.27. The fourth-order valence-corrected chi connectivity index (χ4v) is 2.29. The summed E-state index contributed by atoms with van der Waals surface area (Å²) in [4.78, 5) is 13.7. The molecule has 0 atom stereocenters. The number of piperidine rings is 1. The highest BCUT2D eigenvalue weighted by Crippen LogP contribution is 2.28. The third-order valence-electron chi connectivity index (χ3n) is 3.62. The average Bonchev–Trinajstić information content (AvgIpc) is 2.30. The molecule has 1 heterocycles. The summed E-state index contributed by atoms with van der Waals surface area (Å²) in [5.41, 5.74) is 7.32. The molecule has 2 rings (SSSR count). The van der Waals surface area contributed by atoms with Crippen LogP contribution in [0.3, 0.4) is 0 Å². The zero-order valence-corrected chi connectivity index (χ0v) is 10.9. The molecule has 0 radical (unpaired) electrons. The van der Waals surface area contributed by atoms with Crippen LogP contribution < -0.4 is 10.6 Å². The van der Waals surface area contributed by atoms with E-state index in [4.69, 9.17) is 5.73 Å². The molecule has 0 unspecified atom stereocenters. The van der Waals surface area contributed by atoms with Gasteiger partial charge in [-0.1, -0.05) is 0 Å². The van der Waals surface area contributed by atoms with Gasteiger partial charge < -0.3 is 15.7 Å². The van der Waals surface area contributed by atoms with Gasteiger partial charge in [-0.05, 0) is 44.9 Å².